The van der Waals surface area contributed by atoms with Crippen molar-refractivity contribution >= 4 is 0 Å². The van der Waals surface area contributed by atoms with E-state index in [-0.39, 0.29) is 19.3 Å². The standard InChI is InChI=1S/C16H32FNO2/c1-18(2)15(14-19)16(20)12-10-8-6-4-3-5-7-9-11-13-17/h6,8,15-16,19-20H,3-5,7,9-14H2,1-2H3/b8-6+/t15-,16+/m0/s1. The molecule has 0 aromatic carbocycles. The van der Waals surface area contributed by atoms with Crippen molar-refractivity contribution in [1.29, 1.82) is 0 Å². The van der Waals surface area contributed by atoms with E-state index in [0.717, 1.165) is 32.1 Å². The van der Waals surface area contributed by atoms with Crippen LogP contribution in [-0.4, -0.2) is 54.6 Å². The van der Waals surface area contributed by atoms with Gasteiger partial charge in [0, 0.05) is 0 Å². The molecule has 2 atom stereocenters. The Bertz CT molecular complexity index is 235. The van der Waals surface area contributed by atoms with Gasteiger partial charge in [-0.05, 0) is 46.2 Å². The van der Waals surface area contributed by atoms with Crippen LogP contribution < -0.4 is 0 Å². The second-order valence-corrected chi connectivity index (χ2v) is 5.58. The van der Waals surface area contributed by atoms with E-state index < -0.39 is 6.10 Å². The van der Waals surface area contributed by atoms with Gasteiger partial charge in [0.1, 0.15) is 0 Å². The van der Waals surface area contributed by atoms with E-state index in [2.05, 4.69) is 12.2 Å². The molecule has 0 aromatic rings. The molecule has 0 fully saturated rings. The fourth-order valence-electron chi connectivity index (χ4n) is 2.21. The van der Waals surface area contributed by atoms with Gasteiger partial charge in [0.2, 0.25) is 0 Å². The first-order valence-corrected chi connectivity index (χ1v) is 7.79. The average molecular weight is 289 g/mol. The summed E-state index contributed by atoms with van der Waals surface area (Å²) in [7, 11) is 3.73. The summed E-state index contributed by atoms with van der Waals surface area (Å²) >= 11 is 0. The molecule has 3 nitrogen and oxygen atoms in total. The van der Waals surface area contributed by atoms with Gasteiger partial charge >= 0.3 is 0 Å². The number of hydrogen-bond acceptors (Lipinski definition) is 3. The number of nitrogens with zero attached hydrogens (tertiary/aromatic N) is 1. The van der Waals surface area contributed by atoms with Gasteiger partial charge in [0.25, 0.3) is 0 Å². The number of aliphatic hydroxyl groups is 2. The van der Waals surface area contributed by atoms with Crippen molar-refractivity contribution in [1.82, 2.24) is 4.90 Å². The van der Waals surface area contributed by atoms with Gasteiger partial charge in [0.05, 0.1) is 25.4 Å². The van der Waals surface area contributed by atoms with Gasteiger partial charge in [-0.25, -0.2) is 0 Å². The van der Waals surface area contributed by atoms with Crippen molar-refractivity contribution in [2.75, 3.05) is 27.4 Å². The number of rotatable bonds is 13. The Labute approximate surface area is 123 Å². The summed E-state index contributed by atoms with van der Waals surface area (Å²) in [6, 6.07) is -0.182. The van der Waals surface area contributed by atoms with E-state index in [1.807, 2.05) is 19.0 Å². The highest BCUT2D eigenvalue weighted by Crippen LogP contribution is 2.09. The Hall–Kier alpha value is -0.450. The second kappa shape index (κ2) is 13.5. The first kappa shape index (κ1) is 19.6. The molecule has 0 aliphatic heterocycles. The maximum atomic E-state index is 11.9. The van der Waals surface area contributed by atoms with Crippen molar-refractivity contribution in [3.05, 3.63) is 12.2 Å². The van der Waals surface area contributed by atoms with Gasteiger partial charge < -0.3 is 15.1 Å². The molecule has 2 N–H and O–H groups in total. The molecule has 0 saturated carbocycles. The lowest BCUT2D eigenvalue weighted by atomic mass is 10.1. The maximum Gasteiger partial charge on any atom is 0.0894 e. The van der Waals surface area contributed by atoms with Gasteiger partial charge in [-0.1, -0.05) is 31.4 Å². The molecule has 120 valence electrons. The largest absolute Gasteiger partial charge is 0.395 e. The highest BCUT2D eigenvalue weighted by atomic mass is 19.1. The minimum absolute atomic E-state index is 0.0171. The zero-order valence-electron chi connectivity index (χ0n) is 13.1. The van der Waals surface area contributed by atoms with E-state index in [1.165, 1.54) is 6.42 Å². The molecule has 0 unspecified atom stereocenters. The van der Waals surface area contributed by atoms with Crippen LogP contribution in [0.3, 0.4) is 0 Å². The van der Waals surface area contributed by atoms with Crippen LogP contribution in [0.4, 0.5) is 4.39 Å². The predicted molar refractivity (Wildman–Crippen MR) is 82.6 cm³/mol. The Morgan fingerprint density at radius 1 is 1.00 bits per heavy atom. The summed E-state index contributed by atoms with van der Waals surface area (Å²) in [5.41, 5.74) is 0. The zero-order valence-corrected chi connectivity index (χ0v) is 13.1. The average Bonchev–Trinajstić information content (AvgIpc) is 2.41. The third-order valence-electron chi connectivity index (χ3n) is 3.59. The fraction of sp³-hybridized carbons (Fsp3) is 0.875. The summed E-state index contributed by atoms with van der Waals surface area (Å²) in [5.74, 6) is 0. The molecule has 0 amide bonds. The highest BCUT2D eigenvalue weighted by molar-refractivity contribution is 4.84. The minimum Gasteiger partial charge on any atom is -0.395 e. The predicted octanol–water partition coefficient (Wildman–Crippen LogP) is 2.92. The molecule has 4 heteroatoms. The third-order valence-corrected chi connectivity index (χ3v) is 3.59. The lowest BCUT2D eigenvalue weighted by molar-refractivity contribution is 0.0354. The fourth-order valence-corrected chi connectivity index (χ4v) is 2.21. The van der Waals surface area contributed by atoms with Crippen LogP contribution in [0.1, 0.15) is 51.4 Å². The van der Waals surface area contributed by atoms with Crippen molar-refractivity contribution < 1.29 is 14.6 Å². The van der Waals surface area contributed by atoms with Gasteiger partial charge in [-0.2, -0.15) is 0 Å². The molecule has 0 aromatic heterocycles. The molecule has 0 aliphatic rings. The van der Waals surface area contributed by atoms with Crippen LogP contribution in [0.5, 0.6) is 0 Å². The third kappa shape index (κ3) is 10.4. The Morgan fingerprint density at radius 3 is 2.20 bits per heavy atom. The molecule has 0 aliphatic carbocycles. The van der Waals surface area contributed by atoms with Crippen molar-refractivity contribution in [3.63, 3.8) is 0 Å². The van der Waals surface area contributed by atoms with Crippen LogP contribution in [0.25, 0.3) is 0 Å². The molecule has 0 bridgehead atoms. The molecule has 20 heavy (non-hydrogen) atoms. The summed E-state index contributed by atoms with van der Waals surface area (Å²) in [4.78, 5) is 1.85. The number of aliphatic hydroxyl groups excluding tert-OH is 2. The number of unbranched alkanes of at least 4 members (excludes halogenated alkanes) is 5. The Morgan fingerprint density at radius 2 is 1.60 bits per heavy atom. The Balaban J connectivity index is 3.51. The van der Waals surface area contributed by atoms with Crippen LogP contribution in [0, 0.1) is 0 Å². The van der Waals surface area contributed by atoms with Crippen LogP contribution >= 0.6 is 0 Å². The van der Waals surface area contributed by atoms with Crippen LogP contribution in [-0.2, 0) is 0 Å². The maximum absolute atomic E-state index is 11.9. The van der Waals surface area contributed by atoms with Crippen molar-refractivity contribution in [3.8, 4) is 0 Å². The molecule has 0 heterocycles. The van der Waals surface area contributed by atoms with E-state index in [4.69, 9.17) is 0 Å². The minimum atomic E-state index is -0.486. The summed E-state index contributed by atoms with van der Waals surface area (Å²) in [5, 5.41) is 19.1. The molecule has 0 radical (unpaired) electrons. The topological polar surface area (TPSA) is 43.7 Å². The quantitative estimate of drug-likeness (QED) is 0.405. The first-order valence-electron chi connectivity index (χ1n) is 7.79. The van der Waals surface area contributed by atoms with E-state index in [0.29, 0.717) is 12.8 Å². The lowest BCUT2D eigenvalue weighted by Crippen LogP contribution is -2.41. The molecule has 0 spiro atoms. The van der Waals surface area contributed by atoms with Gasteiger partial charge in [0.15, 0.2) is 0 Å². The smallest absolute Gasteiger partial charge is 0.0894 e. The van der Waals surface area contributed by atoms with Crippen LogP contribution in [0.15, 0.2) is 12.2 Å². The first-order chi connectivity index (χ1) is 9.63. The SMILES string of the molecule is CN(C)[C@@H](CO)[C@H](O)CC/C=C/CCCCCCCF. The summed E-state index contributed by atoms with van der Waals surface area (Å²) in [6.45, 7) is -0.208. The zero-order chi connectivity index (χ0) is 15.2. The monoisotopic (exact) mass is 289 g/mol. The van der Waals surface area contributed by atoms with Crippen molar-refractivity contribution in [2.24, 2.45) is 0 Å². The normalized spacial score (nSPS) is 15.1. The highest BCUT2D eigenvalue weighted by Gasteiger charge is 2.19. The Kier molecular flexibility index (Phi) is 13.2. The second-order valence-electron chi connectivity index (χ2n) is 5.58. The number of halogens is 1. The number of allylic oxidation sites excluding steroid dienone is 2. The summed E-state index contributed by atoms with van der Waals surface area (Å²) < 4.78 is 11.9. The molecular formula is C16H32FNO2. The summed E-state index contributed by atoms with van der Waals surface area (Å²) in [6.07, 6.45) is 11.5. The van der Waals surface area contributed by atoms with Gasteiger partial charge in [-0.15, -0.1) is 0 Å². The molecular weight excluding hydrogens is 257 g/mol. The molecule has 0 saturated heterocycles. The number of hydrogen-bond donors (Lipinski definition) is 2. The van der Waals surface area contributed by atoms with Crippen LogP contribution in [0.2, 0.25) is 0 Å². The van der Waals surface area contributed by atoms with E-state index in [9.17, 15) is 14.6 Å². The van der Waals surface area contributed by atoms with Crippen molar-refractivity contribution in [2.45, 2.75) is 63.5 Å². The molecule has 0 rings (SSSR count). The lowest BCUT2D eigenvalue weighted by Gasteiger charge is -2.26. The van der Waals surface area contributed by atoms with E-state index in [1.54, 1.807) is 0 Å². The number of alkyl halides is 1. The van der Waals surface area contributed by atoms with Gasteiger partial charge in [-0.3, -0.25) is 4.39 Å². The van der Waals surface area contributed by atoms with E-state index >= 15 is 0 Å². The number of likely N-dealkylation sites (N-methyl/N-ethyl adjacent to an activating group) is 1.